The minimum atomic E-state index is -0.286. The third-order valence-corrected chi connectivity index (χ3v) is 2.19. The summed E-state index contributed by atoms with van der Waals surface area (Å²) in [5.41, 5.74) is 1.40. The first-order chi connectivity index (χ1) is 7.33. The minimum absolute atomic E-state index is 0.286. The summed E-state index contributed by atoms with van der Waals surface area (Å²) < 4.78 is 19.8. The second kappa shape index (κ2) is 2.95. The molecule has 74 valence electrons. The second-order valence-corrected chi connectivity index (χ2v) is 3.22. The van der Waals surface area contributed by atoms with Crippen LogP contribution in [0.4, 0.5) is 4.39 Å². The van der Waals surface area contributed by atoms with Crippen LogP contribution < -0.4 is 0 Å². The first-order valence-electron chi connectivity index (χ1n) is 4.51. The number of imidazole rings is 1. The smallest absolute Gasteiger partial charge is 0.153 e. The molecule has 0 aromatic carbocycles. The fourth-order valence-corrected chi connectivity index (χ4v) is 1.51. The molecule has 3 aromatic rings. The van der Waals surface area contributed by atoms with Gasteiger partial charge in [-0.1, -0.05) is 0 Å². The topological polar surface area (TPSA) is 30.4 Å². The summed E-state index contributed by atoms with van der Waals surface area (Å²) >= 11 is 0. The lowest BCUT2D eigenvalue weighted by Crippen LogP contribution is -1.83. The molecule has 0 bridgehead atoms. The number of aromatic nitrogens is 2. The number of fused-ring (bicyclic) bond motifs is 1. The van der Waals surface area contributed by atoms with Crippen LogP contribution in [0.3, 0.4) is 0 Å². The van der Waals surface area contributed by atoms with Gasteiger partial charge in [-0.2, -0.15) is 0 Å². The van der Waals surface area contributed by atoms with Gasteiger partial charge in [-0.3, -0.25) is 0 Å². The van der Waals surface area contributed by atoms with Crippen LogP contribution in [0.25, 0.3) is 17.1 Å². The van der Waals surface area contributed by atoms with Crippen molar-refractivity contribution in [1.82, 2.24) is 9.38 Å². The molecule has 3 rings (SSSR count). The lowest BCUT2D eigenvalue weighted by molar-refractivity contribution is 0.580. The third kappa shape index (κ3) is 1.30. The van der Waals surface area contributed by atoms with Crippen LogP contribution in [0.5, 0.6) is 0 Å². The van der Waals surface area contributed by atoms with Crippen molar-refractivity contribution in [2.24, 2.45) is 0 Å². The zero-order valence-electron chi connectivity index (χ0n) is 7.72. The summed E-state index contributed by atoms with van der Waals surface area (Å²) in [5, 5.41) is 0. The van der Waals surface area contributed by atoms with Gasteiger partial charge in [0.1, 0.15) is 17.2 Å². The van der Waals surface area contributed by atoms with Gasteiger partial charge < -0.3 is 8.82 Å². The van der Waals surface area contributed by atoms with Gasteiger partial charge in [0, 0.05) is 12.4 Å². The molecule has 0 N–H and O–H groups in total. The molecular weight excluding hydrogens is 195 g/mol. The predicted octanol–water partition coefficient (Wildman–Crippen LogP) is 2.73. The third-order valence-electron chi connectivity index (χ3n) is 2.19. The van der Waals surface area contributed by atoms with Crippen LogP contribution in [-0.4, -0.2) is 9.38 Å². The monoisotopic (exact) mass is 202 g/mol. The fraction of sp³-hybridized carbons (Fsp3) is 0. The minimum Gasteiger partial charge on any atom is -0.463 e. The Bertz CT molecular complexity index is 598. The molecule has 4 heteroatoms. The van der Waals surface area contributed by atoms with E-state index in [1.54, 1.807) is 29.0 Å². The summed E-state index contributed by atoms with van der Waals surface area (Å²) in [5.74, 6) is 0.394. The maximum atomic E-state index is 12.9. The zero-order chi connectivity index (χ0) is 10.3. The summed E-state index contributed by atoms with van der Waals surface area (Å²) in [6.45, 7) is 0. The molecule has 0 aliphatic heterocycles. The number of hydrogen-bond acceptors (Lipinski definition) is 2. The Hall–Kier alpha value is -2.10. The molecule has 15 heavy (non-hydrogen) atoms. The van der Waals surface area contributed by atoms with Crippen molar-refractivity contribution in [2.75, 3.05) is 0 Å². The molecule has 0 aliphatic rings. The average molecular weight is 202 g/mol. The number of pyridine rings is 1. The standard InChI is InChI=1S/C11H7FN2O/c12-8-3-4-11-13-9(7-14(11)6-8)10-2-1-5-15-10/h1-7H. The van der Waals surface area contributed by atoms with Crippen LogP contribution in [-0.2, 0) is 0 Å². The van der Waals surface area contributed by atoms with Crippen LogP contribution >= 0.6 is 0 Å². The van der Waals surface area contributed by atoms with Crippen molar-refractivity contribution in [3.8, 4) is 11.5 Å². The van der Waals surface area contributed by atoms with Crippen LogP contribution in [0.15, 0.2) is 47.3 Å². The predicted molar refractivity (Wildman–Crippen MR) is 52.9 cm³/mol. The van der Waals surface area contributed by atoms with Crippen LogP contribution in [0.1, 0.15) is 0 Å². The molecule has 0 saturated carbocycles. The van der Waals surface area contributed by atoms with Gasteiger partial charge in [0.15, 0.2) is 5.76 Å². The molecule has 0 fully saturated rings. The van der Waals surface area contributed by atoms with Crippen molar-refractivity contribution in [3.63, 3.8) is 0 Å². The first kappa shape index (κ1) is 8.23. The molecule has 3 heterocycles. The van der Waals surface area contributed by atoms with E-state index in [0.29, 0.717) is 17.1 Å². The number of hydrogen-bond donors (Lipinski definition) is 0. The van der Waals surface area contributed by atoms with E-state index in [2.05, 4.69) is 4.98 Å². The second-order valence-electron chi connectivity index (χ2n) is 3.22. The molecule has 0 spiro atoms. The summed E-state index contributed by atoms with van der Waals surface area (Å²) in [6, 6.07) is 6.62. The Kier molecular flexibility index (Phi) is 1.62. The maximum Gasteiger partial charge on any atom is 0.153 e. The highest BCUT2D eigenvalue weighted by atomic mass is 19.1. The van der Waals surface area contributed by atoms with E-state index in [1.165, 1.54) is 12.3 Å². The molecule has 0 unspecified atom stereocenters. The van der Waals surface area contributed by atoms with Gasteiger partial charge in [0.05, 0.1) is 6.26 Å². The highest BCUT2D eigenvalue weighted by Crippen LogP contribution is 2.19. The Morgan fingerprint density at radius 2 is 2.13 bits per heavy atom. The van der Waals surface area contributed by atoms with E-state index in [0.717, 1.165) is 0 Å². The normalized spacial score (nSPS) is 11.0. The van der Waals surface area contributed by atoms with Gasteiger partial charge in [-0.05, 0) is 24.3 Å². The van der Waals surface area contributed by atoms with E-state index >= 15 is 0 Å². The van der Waals surface area contributed by atoms with E-state index in [-0.39, 0.29) is 5.82 Å². The Morgan fingerprint density at radius 3 is 2.93 bits per heavy atom. The molecule has 0 saturated heterocycles. The molecule has 0 atom stereocenters. The lowest BCUT2D eigenvalue weighted by atomic mass is 10.4. The van der Waals surface area contributed by atoms with Crippen molar-refractivity contribution >= 4 is 5.65 Å². The quantitative estimate of drug-likeness (QED) is 0.607. The van der Waals surface area contributed by atoms with E-state index < -0.39 is 0 Å². The number of halogens is 1. The Balaban J connectivity index is 2.22. The largest absolute Gasteiger partial charge is 0.463 e. The summed E-state index contributed by atoms with van der Waals surface area (Å²) in [7, 11) is 0. The molecule has 3 nitrogen and oxygen atoms in total. The van der Waals surface area contributed by atoms with Crippen molar-refractivity contribution in [2.45, 2.75) is 0 Å². The van der Waals surface area contributed by atoms with Gasteiger partial charge in [-0.25, -0.2) is 9.37 Å². The van der Waals surface area contributed by atoms with E-state index in [1.807, 2.05) is 6.07 Å². The van der Waals surface area contributed by atoms with Gasteiger partial charge in [-0.15, -0.1) is 0 Å². The average Bonchev–Trinajstić information content (AvgIpc) is 2.84. The lowest BCUT2D eigenvalue weighted by Gasteiger charge is -1.90. The van der Waals surface area contributed by atoms with Crippen molar-refractivity contribution in [3.05, 3.63) is 48.7 Å². The molecular formula is C11H7FN2O. The number of nitrogens with zero attached hydrogens (tertiary/aromatic N) is 2. The molecule has 0 radical (unpaired) electrons. The molecule has 0 amide bonds. The van der Waals surface area contributed by atoms with E-state index in [9.17, 15) is 4.39 Å². The summed E-state index contributed by atoms with van der Waals surface area (Å²) in [6.07, 6.45) is 4.70. The van der Waals surface area contributed by atoms with Crippen LogP contribution in [0.2, 0.25) is 0 Å². The Morgan fingerprint density at radius 1 is 1.20 bits per heavy atom. The number of furan rings is 1. The fourth-order valence-electron chi connectivity index (χ4n) is 1.51. The zero-order valence-corrected chi connectivity index (χ0v) is 7.72. The SMILES string of the molecule is Fc1ccc2nc(-c3ccco3)cn2c1. The van der Waals surface area contributed by atoms with Crippen molar-refractivity contribution < 1.29 is 8.81 Å². The molecule has 0 aliphatic carbocycles. The van der Waals surface area contributed by atoms with E-state index in [4.69, 9.17) is 4.42 Å². The van der Waals surface area contributed by atoms with Crippen molar-refractivity contribution in [1.29, 1.82) is 0 Å². The molecule has 3 aromatic heterocycles. The van der Waals surface area contributed by atoms with Gasteiger partial charge >= 0.3 is 0 Å². The maximum absolute atomic E-state index is 12.9. The highest BCUT2D eigenvalue weighted by Gasteiger charge is 2.06. The van der Waals surface area contributed by atoms with Gasteiger partial charge in [0.2, 0.25) is 0 Å². The van der Waals surface area contributed by atoms with Crippen LogP contribution in [0, 0.1) is 5.82 Å². The highest BCUT2D eigenvalue weighted by molar-refractivity contribution is 5.57. The number of rotatable bonds is 1. The Labute approximate surface area is 84.8 Å². The first-order valence-corrected chi connectivity index (χ1v) is 4.51. The van der Waals surface area contributed by atoms with Gasteiger partial charge in [0.25, 0.3) is 0 Å². The summed E-state index contributed by atoms with van der Waals surface area (Å²) in [4.78, 5) is 4.30.